The Morgan fingerprint density at radius 3 is 2.70 bits per heavy atom. The molecule has 0 amide bonds. The molecule has 0 aromatic heterocycles. The molecule has 0 aliphatic heterocycles. The summed E-state index contributed by atoms with van der Waals surface area (Å²) >= 11 is 0. The summed E-state index contributed by atoms with van der Waals surface area (Å²) in [5, 5.41) is 0. The van der Waals surface area contributed by atoms with Gasteiger partial charge in [-0.25, -0.2) is 0 Å². The van der Waals surface area contributed by atoms with Gasteiger partial charge in [-0.05, 0) is 12.8 Å². The standard InChI is InChI=1S/C8H14O2/c1-3-4-5-6-7-10-8(2)9/h4-5H,3,6-7H2,1-2H3. The number of hydrogen-bond donors (Lipinski definition) is 0. The lowest BCUT2D eigenvalue weighted by molar-refractivity contribution is -0.140. The normalized spacial score (nSPS) is 10.2. The smallest absolute Gasteiger partial charge is 0.302 e. The molecule has 0 bridgehead atoms. The van der Waals surface area contributed by atoms with Crippen molar-refractivity contribution in [1.82, 2.24) is 0 Å². The number of carbonyl (C=O) groups excluding carboxylic acids is 1. The highest BCUT2D eigenvalue weighted by molar-refractivity contribution is 5.65. The van der Waals surface area contributed by atoms with E-state index >= 15 is 0 Å². The van der Waals surface area contributed by atoms with Crippen LogP contribution in [0.1, 0.15) is 26.7 Å². The Labute approximate surface area is 61.9 Å². The van der Waals surface area contributed by atoms with Crippen LogP contribution in [0.15, 0.2) is 12.2 Å². The molecule has 0 aromatic rings. The van der Waals surface area contributed by atoms with Crippen LogP contribution in [-0.4, -0.2) is 12.6 Å². The van der Waals surface area contributed by atoms with Gasteiger partial charge in [-0.15, -0.1) is 0 Å². The molecule has 0 rings (SSSR count). The molecule has 58 valence electrons. The summed E-state index contributed by atoms with van der Waals surface area (Å²) in [6.07, 6.45) is 5.94. The van der Waals surface area contributed by atoms with Crippen LogP contribution < -0.4 is 0 Å². The molecule has 0 aliphatic rings. The first-order chi connectivity index (χ1) is 4.77. The van der Waals surface area contributed by atoms with Gasteiger partial charge in [0.15, 0.2) is 0 Å². The third kappa shape index (κ3) is 7.21. The first-order valence-corrected chi connectivity index (χ1v) is 3.55. The fourth-order valence-electron chi connectivity index (χ4n) is 0.555. The molecular formula is C8H14O2. The summed E-state index contributed by atoms with van der Waals surface area (Å²) in [5.41, 5.74) is 0. The summed E-state index contributed by atoms with van der Waals surface area (Å²) in [4.78, 5) is 10.2. The molecule has 0 aliphatic carbocycles. The number of esters is 1. The van der Waals surface area contributed by atoms with Crippen LogP contribution >= 0.6 is 0 Å². The van der Waals surface area contributed by atoms with E-state index in [-0.39, 0.29) is 5.97 Å². The molecule has 0 unspecified atom stereocenters. The van der Waals surface area contributed by atoms with E-state index in [4.69, 9.17) is 4.74 Å². The lowest BCUT2D eigenvalue weighted by Gasteiger charge is -1.95. The predicted molar refractivity (Wildman–Crippen MR) is 40.7 cm³/mol. The van der Waals surface area contributed by atoms with Gasteiger partial charge in [0.1, 0.15) is 0 Å². The average molecular weight is 142 g/mol. The SMILES string of the molecule is CCC=CCCOC(C)=O. The number of rotatable bonds is 4. The predicted octanol–water partition coefficient (Wildman–Crippen LogP) is 1.91. The third-order valence-electron chi connectivity index (χ3n) is 0.992. The highest BCUT2D eigenvalue weighted by atomic mass is 16.5. The van der Waals surface area contributed by atoms with E-state index in [1.165, 1.54) is 6.92 Å². The Kier molecular flexibility index (Phi) is 5.83. The number of carbonyl (C=O) groups is 1. The largest absolute Gasteiger partial charge is 0.466 e. The zero-order chi connectivity index (χ0) is 7.82. The van der Waals surface area contributed by atoms with E-state index in [0.717, 1.165) is 12.8 Å². The fraction of sp³-hybridized carbons (Fsp3) is 0.625. The Morgan fingerprint density at radius 2 is 2.20 bits per heavy atom. The molecule has 10 heavy (non-hydrogen) atoms. The second kappa shape index (κ2) is 6.33. The van der Waals surface area contributed by atoms with Crippen molar-refractivity contribution in [3.8, 4) is 0 Å². The quantitative estimate of drug-likeness (QED) is 0.340. The van der Waals surface area contributed by atoms with Gasteiger partial charge in [-0.2, -0.15) is 0 Å². The van der Waals surface area contributed by atoms with Crippen molar-refractivity contribution in [1.29, 1.82) is 0 Å². The molecule has 2 nitrogen and oxygen atoms in total. The molecule has 0 atom stereocenters. The van der Waals surface area contributed by atoms with E-state index in [2.05, 4.69) is 13.0 Å². The second-order valence-electron chi connectivity index (χ2n) is 2.01. The molecule has 0 saturated heterocycles. The van der Waals surface area contributed by atoms with Gasteiger partial charge in [-0.3, -0.25) is 4.79 Å². The van der Waals surface area contributed by atoms with Crippen LogP contribution in [0.3, 0.4) is 0 Å². The highest BCUT2D eigenvalue weighted by Crippen LogP contribution is 1.87. The molecular weight excluding hydrogens is 128 g/mol. The van der Waals surface area contributed by atoms with Crippen molar-refractivity contribution in [2.75, 3.05) is 6.61 Å². The first kappa shape index (κ1) is 9.21. The van der Waals surface area contributed by atoms with Crippen molar-refractivity contribution < 1.29 is 9.53 Å². The lowest BCUT2D eigenvalue weighted by atomic mass is 10.3. The summed E-state index contributed by atoms with van der Waals surface area (Å²) in [6.45, 7) is 4.00. The molecule has 0 fully saturated rings. The van der Waals surface area contributed by atoms with E-state index in [9.17, 15) is 4.79 Å². The summed E-state index contributed by atoms with van der Waals surface area (Å²) in [6, 6.07) is 0. The highest BCUT2D eigenvalue weighted by Gasteiger charge is 1.87. The zero-order valence-electron chi connectivity index (χ0n) is 6.59. The van der Waals surface area contributed by atoms with Gasteiger partial charge in [0.2, 0.25) is 0 Å². The van der Waals surface area contributed by atoms with Gasteiger partial charge in [0, 0.05) is 6.92 Å². The van der Waals surface area contributed by atoms with Crippen LogP contribution in [0.25, 0.3) is 0 Å². The average Bonchev–Trinajstić information content (AvgIpc) is 1.87. The van der Waals surface area contributed by atoms with Crippen LogP contribution in [-0.2, 0) is 9.53 Å². The minimum absolute atomic E-state index is 0.204. The van der Waals surface area contributed by atoms with Crippen molar-refractivity contribution >= 4 is 5.97 Å². The molecule has 0 spiro atoms. The molecule has 0 N–H and O–H groups in total. The molecule has 0 aromatic carbocycles. The monoisotopic (exact) mass is 142 g/mol. The fourth-order valence-corrected chi connectivity index (χ4v) is 0.555. The Bertz CT molecular complexity index is 116. The topological polar surface area (TPSA) is 26.3 Å². The number of ether oxygens (including phenoxy) is 1. The molecule has 2 heteroatoms. The van der Waals surface area contributed by atoms with E-state index < -0.39 is 0 Å². The second-order valence-corrected chi connectivity index (χ2v) is 2.01. The molecule has 0 heterocycles. The van der Waals surface area contributed by atoms with Crippen molar-refractivity contribution in [2.24, 2.45) is 0 Å². The first-order valence-electron chi connectivity index (χ1n) is 3.55. The van der Waals surface area contributed by atoms with Crippen molar-refractivity contribution in [3.63, 3.8) is 0 Å². The molecule has 0 radical (unpaired) electrons. The summed E-state index contributed by atoms with van der Waals surface area (Å²) < 4.78 is 4.70. The van der Waals surface area contributed by atoms with E-state index in [1.807, 2.05) is 6.08 Å². The number of allylic oxidation sites excluding steroid dienone is 1. The minimum atomic E-state index is -0.204. The minimum Gasteiger partial charge on any atom is -0.466 e. The maximum atomic E-state index is 10.2. The third-order valence-corrected chi connectivity index (χ3v) is 0.992. The van der Waals surface area contributed by atoms with Crippen molar-refractivity contribution in [2.45, 2.75) is 26.7 Å². The Balaban J connectivity index is 3.05. The van der Waals surface area contributed by atoms with Gasteiger partial charge < -0.3 is 4.74 Å². The van der Waals surface area contributed by atoms with E-state index in [0.29, 0.717) is 6.61 Å². The van der Waals surface area contributed by atoms with Crippen LogP contribution in [0.5, 0.6) is 0 Å². The Hall–Kier alpha value is -0.790. The van der Waals surface area contributed by atoms with Gasteiger partial charge in [0.05, 0.1) is 6.61 Å². The van der Waals surface area contributed by atoms with Gasteiger partial charge in [0.25, 0.3) is 0 Å². The van der Waals surface area contributed by atoms with Crippen molar-refractivity contribution in [3.05, 3.63) is 12.2 Å². The lowest BCUT2D eigenvalue weighted by Crippen LogP contribution is -1.98. The Morgan fingerprint density at radius 1 is 1.50 bits per heavy atom. The molecule has 0 saturated carbocycles. The number of hydrogen-bond acceptors (Lipinski definition) is 2. The van der Waals surface area contributed by atoms with Crippen LogP contribution in [0.4, 0.5) is 0 Å². The zero-order valence-corrected chi connectivity index (χ0v) is 6.59. The summed E-state index contributed by atoms with van der Waals surface area (Å²) in [7, 11) is 0. The maximum absolute atomic E-state index is 10.2. The van der Waals surface area contributed by atoms with Crippen LogP contribution in [0.2, 0.25) is 0 Å². The van der Waals surface area contributed by atoms with Gasteiger partial charge >= 0.3 is 5.97 Å². The van der Waals surface area contributed by atoms with Crippen LogP contribution in [0, 0.1) is 0 Å². The maximum Gasteiger partial charge on any atom is 0.302 e. The van der Waals surface area contributed by atoms with Gasteiger partial charge in [-0.1, -0.05) is 19.1 Å². The van der Waals surface area contributed by atoms with E-state index in [1.54, 1.807) is 0 Å². The summed E-state index contributed by atoms with van der Waals surface area (Å²) in [5.74, 6) is -0.204.